The predicted octanol–water partition coefficient (Wildman–Crippen LogP) is 1.71. The Morgan fingerprint density at radius 1 is 1.50 bits per heavy atom. The van der Waals surface area contributed by atoms with E-state index in [2.05, 4.69) is 0 Å². The fraction of sp³-hybridized carbons (Fsp3) is 0.364. The largest absolute Gasteiger partial charge is 0.490 e. The molecule has 3 heteroatoms. The van der Waals surface area contributed by atoms with Gasteiger partial charge in [-0.15, -0.1) is 0 Å². The van der Waals surface area contributed by atoms with Gasteiger partial charge in [-0.1, -0.05) is 18.2 Å². The third kappa shape index (κ3) is 1.45. The zero-order chi connectivity index (χ0) is 10.1. The molecule has 0 saturated carbocycles. The summed E-state index contributed by atoms with van der Waals surface area (Å²) in [6.45, 7) is 1.80. The fourth-order valence-corrected chi connectivity index (χ4v) is 1.76. The molecular weight excluding hydrogens is 180 g/mol. The molecule has 0 aliphatic carbocycles. The van der Waals surface area contributed by atoms with E-state index in [-0.39, 0.29) is 6.10 Å². The minimum absolute atomic E-state index is 0.248. The number of carbonyl (C=O) groups is 1. The van der Waals surface area contributed by atoms with E-state index in [4.69, 9.17) is 9.84 Å². The number of rotatable bonds is 1. The number of hydrogen-bond acceptors (Lipinski definition) is 2. The molecular formula is C11H12O3. The number of fused-ring (bicyclic) bond motifs is 1. The Bertz CT molecular complexity index is 359. The first-order chi connectivity index (χ1) is 6.68. The lowest BCUT2D eigenvalue weighted by Gasteiger charge is -2.28. The first-order valence-corrected chi connectivity index (χ1v) is 4.66. The van der Waals surface area contributed by atoms with Gasteiger partial charge in [-0.25, -0.2) is 0 Å². The zero-order valence-corrected chi connectivity index (χ0v) is 7.93. The number of aliphatic carboxylic acids is 1. The van der Waals surface area contributed by atoms with Crippen LogP contribution in [0.1, 0.15) is 12.5 Å². The second-order valence-electron chi connectivity index (χ2n) is 3.58. The predicted molar refractivity (Wildman–Crippen MR) is 51.4 cm³/mol. The molecule has 74 valence electrons. The van der Waals surface area contributed by atoms with Gasteiger partial charge in [0.1, 0.15) is 11.9 Å². The molecule has 1 aliphatic rings. The summed E-state index contributed by atoms with van der Waals surface area (Å²) in [6, 6.07) is 7.59. The van der Waals surface area contributed by atoms with Crippen molar-refractivity contribution in [3.8, 4) is 5.75 Å². The van der Waals surface area contributed by atoms with Gasteiger partial charge >= 0.3 is 5.97 Å². The molecule has 3 nitrogen and oxygen atoms in total. The van der Waals surface area contributed by atoms with Crippen LogP contribution in [0.4, 0.5) is 0 Å². The van der Waals surface area contributed by atoms with Crippen LogP contribution < -0.4 is 4.74 Å². The van der Waals surface area contributed by atoms with Crippen LogP contribution in [0.5, 0.6) is 5.75 Å². The Hall–Kier alpha value is -1.51. The van der Waals surface area contributed by atoms with Crippen LogP contribution in [-0.4, -0.2) is 17.2 Å². The van der Waals surface area contributed by atoms with Crippen LogP contribution >= 0.6 is 0 Å². The third-order valence-electron chi connectivity index (χ3n) is 2.61. The molecule has 1 aliphatic heterocycles. The van der Waals surface area contributed by atoms with Crippen LogP contribution in [0.2, 0.25) is 0 Å². The summed E-state index contributed by atoms with van der Waals surface area (Å²) in [7, 11) is 0. The minimum Gasteiger partial charge on any atom is -0.490 e. The molecule has 0 amide bonds. The van der Waals surface area contributed by atoms with Gasteiger partial charge in [0.15, 0.2) is 0 Å². The standard InChI is InChI=1S/C11H12O3/c1-7-9(11(12)13)6-8-4-2-3-5-10(8)14-7/h2-5,7,9H,6H2,1H3,(H,12,13). The summed E-state index contributed by atoms with van der Waals surface area (Å²) >= 11 is 0. The van der Waals surface area contributed by atoms with Gasteiger partial charge < -0.3 is 9.84 Å². The highest BCUT2D eigenvalue weighted by atomic mass is 16.5. The van der Waals surface area contributed by atoms with E-state index in [1.807, 2.05) is 24.3 Å². The quantitative estimate of drug-likeness (QED) is 0.736. The molecule has 14 heavy (non-hydrogen) atoms. The summed E-state index contributed by atoms with van der Waals surface area (Å²) in [4.78, 5) is 10.9. The zero-order valence-electron chi connectivity index (χ0n) is 7.93. The molecule has 2 atom stereocenters. The average Bonchev–Trinajstić information content (AvgIpc) is 2.16. The first kappa shape index (κ1) is 9.06. The molecule has 0 spiro atoms. The molecule has 0 saturated heterocycles. The van der Waals surface area contributed by atoms with Crippen molar-refractivity contribution in [1.29, 1.82) is 0 Å². The average molecular weight is 192 g/mol. The van der Waals surface area contributed by atoms with Crippen LogP contribution in [-0.2, 0) is 11.2 Å². The Morgan fingerprint density at radius 2 is 2.21 bits per heavy atom. The maximum Gasteiger partial charge on any atom is 0.310 e. The highest BCUT2D eigenvalue weighted by Gasteiger charge is 2.31. The molecule has 1 aromatic carbocycles. The molecule has 2 unspecified atom stereocenters. The number of carboxylic acid groups (broad SMARTS) is 1. The van der Waals surface area contributed by atoms with Crippen molar-refractivity contribution >= 4 is 5.97 Å². The molecule has 1 N–H and O–H groups in total. The van der Waals surface area contributed by atoms with Gasteiger partial charge in [-0.2, -0.15) is 0 Å². The summed E-state index contributed by atoms with van der Waals surface area (Å²) < 4.78 is 5.52. The van der Waals surface area contributed by atoms with E-state index in [1.165, 1.54) is 0 Å². The monoisotopic (exact) mass is 192 g/mol. The van der Waals surface area contributed by atoms with Crippen molar-refractivity contribution in [1.82, 2.24) is 0 Å². The summed E-state index contributed by atoms with van der Waals surface area (Å²) in [5.41, 5.74) is 0.984. The van der Waals surface area contributed by atoms with Gasteiger partial charge in [0, 0.05) is 0 Å². The van der Waals surface area contributed by atoms with E-state index in [0.717, 1.165) is 11.3 Å². The van der Waals surface area contributed by atoms with E-state index in [9.17, 15) is 4.79 Å². The number of hydrogen-bond donors (Lipinski definition) is 1. The molecule has 0 aromatic heterocycles. The Morgan fingerprint density at radius 3 is 2.93 bits per heavy atom. The normalized spacial score (nSPS) is 24.9. The van der Waals surface area contributed by atoms with Gasteiger partial charge in [0.2, 0.25) is 0 Å². The van der Waals surface area contributed by atoms with E-state index < -0.39 is 11.9 Å². The Labute approximate surface area is 82.3 Å². The lowest BCUT2D eigenvalue weighted by molar-refractivity contribution is -0.145. The molecule has 2 rings (SSSR count). The van der Waals surface area contributed by atoms with Crippen molar-refractivity contribution in [3.05, 3.63) is 29.8 Å². The van der Waals surface area contributed by atoms with Crippen molar-refractivity contribution in [2.45, 2.75) is 19.4 Å². The van der Waals surface area contributed by atoms with Gasteiger partial charge in [-0.3, -0.25) is 4.79 Å². The summed E-state index contributed by atoms with van der Waals surface area (Å²) in [5, 5.41) is 8.95. The van der Waals surface area contributed by atoms with Crippen molar-refractivity contribution in [3.63, 3.8) is 0 Å². The number of ether oxygens (including phenoxy) is 1. The van der Waals surface area contributed by atoms with Crippen LogP contribution in [0.3, 0.4) is 0 Å². The molecule has 0 bridgehead atoms. The number of carboxylic acids is 1. The van der Waals surface area contributed by atoms with Crippen LogP contribution in [0.25, 0.3) is 0 Å². The highest BCUT2D eigenvalue weighted by molar-refractivity contribution is 5.71. The topological polar surface area (TPSA) is 46.5 Å². The Kier molecular flexibility index (Phi) is 2.15. The second-order valence-corrected chi connectivity index (χ2v) is 3.58. The number of para-hydroxylation sites is 1. The molecule has 0 fully saturated rings. The van der Waals surface area contributed by atoms with Gasteiger partial charge in [0.25, 0.3) is 0 Å². The Balaban J connectivity index is 2.31. The van der Waals surface area contributed by atoms with E-state index >= 15 is 0 Å². The van der Waals surface area contributed by atoms with Crippen LogP contribution in [0, 0.1) is 5.92 Å². The fourth-order valence-electron chi connectivity index (χ4n) is 1.76. The van der Waals surface area contributed by atoms with Crippen molar-refractivity contribution in [2.24, 2.45) is 5.92 Å². The second kappa shape index (κ2) is 3.33. The van der Waals surface area contributed by atoms with E-state index in [0.29, 0.717) is 6.42 Å². The first-order valence-electron chi connectivity index (χ1n) is 4.66. The maximum absolute atomic E-state index is 10.9. The summed E-state index contributed by atoms with van der Waals surface area (Å²) in [6.07, 6.45) is 0.314. The molecule has 1 aromatic rings. The number of benzene rings is 1. The smallest absolute Gasteiger partial charge is 0.310 e. The lowest BCUT2D eigenvalue weighted by Crippen LogP contribution is -2.35. The minimum atomic E-state index is -0.785. The molecule has 0 radical (unpaired) electrons. The van der Waals surface area contributed by atoms with Crippen molar-refractivity contribution in [2.75, 3.05) is 0 Å². The summed E-state index contributed by atoms with van der Waals surface area (Å²) in [5.74, 6) is -0.394. The van der Waals surface area contributed by atoms with E-state index in [1.54, 1.807) is 6.92 Å². The van der Waals surface area contributed by atoms with Gasteiger partial charge in [-0.05, 0) is 25.0 Å². The third-order valence-corrected chi connectivity index (χ3v) is 2.61. The molecule has 1 heterocycles. The highest BCUT2D eigenvalue weighted by Crippen LogP contribution is 2.30. The maximum atomic E-state index is 10.9. The van der Waals surface area contributed by atoms with Crippen molar-refractivity contribution < 1.29 is 14.6 Å². The van der Waals surface area contributed by atoms with Crippen LogP contribution in [0.15, 0.2) is 24.3 Å². The lowest BCUT2D eigenvalue weighted by atomic mass is 9.92. The SMILES string of the molecule is CC1Oc2ccccc2CC1C(=O)O. The van der Waals surface area contributed by atoms with Gasteiger partial charge in [0.05, 0.1) is 5.92 Å².